The second-order valence-electron chi connectivity index (χ2n) is 3.91. The van der Waals surface area contributed by atoms with Crippen molar-refractivity contribution in [3.05, 3.63) is 54.1 Å². The fourth-order valence-electron chi connectivity index (χ4n) is 1.58. The van der Waals surface area contributed by atoms with Gasteiger partial charge in [0.2, 0.25) is 0 Å². The molecule has 0 amide bonds. The Kier molecular flexibility index (Phi) is 3.99. The normalized spacial score (nSPS) is 12.1. The van der Waals surface area contributed by atoms with Gasteiger partial charge in [-0.2, -0.15) is 0 Å². The molecule has 0 spiro atoms. The highest BCUT2D eigenvalue weighted by molar-refractivity contribution is 7.84. The number of methoxy groups -OCH3 is 1. The van der Waals surface area contributed by atoms with Crippen LogP contribution in [0.1, 0.15) is 5.56 Å². The molecule has 2 aromatic carbocycles. The summed E-state index contributed by atoms with van der Waals surface area (Å²) in [5.74, 6) is 1.26. The minimum absolute atomic E-state index is 0.493. The van der Waals surface area contributed by atoms with Crippen LogP contribution in [0.4, 0.5) is 5.69 Å². The average molecular weight is 261 g/mol. The number of rotatable bonds is 4. The summed E-state index contributed by atoms with van der Waals surface area (Å²) >= 11 is 0. The van der Waals surface area contributed by atoms with E-state index in [9.17, 15) is 4.21 Å². The van der Waals surface area contributed by atoms with E-state index in [2.05, 4.69) is 0 Å². The molecule has 0 aromatic heterocycles. The van der Waals surface area contributed by atoms with Crippen LogP contribution in [-0.2, 0) is 16.6 Å². The van der Waals surface area contributed by atoms with Gasteiger partial charge in [-0.1, -0.05) is 12.1 Å². The SMILES string of the molecule is COc1ccc(S(=O)Cc2ccc(N)cc2)cc1. The first-order chi connectivity index (χ1) is 8.69. The molecule has 0 saturated carbocycles. The summed E-state index contributed by atoms with van der Waals surface area (Å²) in [4.78, 5) is 0.799. The summed E-state index contributed by atoms with van der Waals surface area (Å²) in [5, 5.41) is 0. The van der Waals surface area contributed by atoms with E-state index in [1.54, 1.807) is 7.11 Å². The first-order valence-corrected chi connectivity index (χ1v) is 6.88. The standard InChI is InChI=1S/C14H15NO2S/c1-17-13-6-8-14(9-7-13)18(16)10-11-2-4-12(15)5-3-11/h2-9H,10,15H2,1H3. The first-order valence-electron chi connectivity index (χ1n) is 5.56. The Balaban J connectivity index is 2.09. The van der Waals surface area contributed by atoms with Crippen LogP contribution in [0.2, 0.25) is 0 Å². The molecule has 1 unspecified atom stereocenters. The van der Waals surface area contributed by atoms with E-state index in [1.807, 2.05) is 48.5 Å². The number of hydrogen-bond donors (Lipinski definition) is 1. The van der Waals surface area contributed by atoms with Gasteiger partial charge in [0, 0.05) is 10.6 Å². The van der Waals surface area contributed by atoms with Crippen LogP contribution in [0.25, 0.3) is 0 Å². The van der Waals surface area contributed by atoms with E-state index < -0.39 is 10.8 Å². The molecule has 0 heterocycles. The quantitative estimate of drug-likeness (QED) is 0.861. The molecule has 0 saturated heterocycles. The van der Waals surface area contributed by atoms with Gasteiger partial charge in [0.05, 0.1) is 23.7 Å². The number of benzene rings is 2. The summed E-state index contributed by atoms with van der Waals surface area (Å²) < 4.78 is 17.2. The van der Waals surface area contributed by atoms with Crippen molar-refractivity contribution < 1.29 is 8.95 Å². The molecule has 4 heteroatoms. The third-order valence-corrected chi connectivity index (χ3v) is 3.99. The molecule has 0 aliphatic carbocycles. The van der Waals surface area contributed by atoms with Crippen molar-refractivity contribution in [2.24, 2.45) is 0 Å². The van der Waals surface area contributed by atoms with Crippen molar-refractivity contribution in [1.29, 1.82) is 0 Å². The Morgan fingerprint density at radius 1 is 1.06 bits per heavy atom. The van der Waals surface area contributed by atoms with Gasteiger partial charge in [0.15, 0.2) is 0 Å². The fourth-order valence-corrected chi connectivity index (χ4v) is 2.68. The van der Waals surface area contributed by atoms with E-state index in [0.29, 0.717) is 11.4 Å². The molecule has 0 radical (unpaired) electrons. The monoisotopic (exact) mass is 261 g/mol. The maximum Gasteiger partial charge on any atom is 0.118 e. The Morgan fingerprint density at radius 3 is 2.22 bits per heavy atom. The molecule has 18 heavy (non-hydrogen) atoms. The minimum atomic E-state index is -1.05. The topological polar surface area (TPSA) is 52.3 Å². The molecule has 3 nitrogen and oxygen atoms in total. The zero-order chi connectivity index (χ0) is 13.0. The second kappa shape index (κ2) is 5.69. The number of hydrogen-bond acceptors (Lipinski definition) is 3. The summed E-state index contributed by atoms with van der Waals surface area (Å²) in [6, 6.07) is 14.7. The molecule has 0 aliphatic heterocycles. The molecular formula is C14H15NO2S. The van der Waals surface area contributed by atoms with Crippen LogP contribution in [0.5, 0.6) is 5.75 Å². The van der Waals surface area contributed by atoms with Crippen molar-refractivity contribution >= 4 is 16.5 Å². The van der Waals surface area contributed by atoms with E-state index in [0.717, 1.165) is 16.2 Å². The second-order valence-corrected chi connectivity index (χ2v) is 5.36. The minimum Gasteiger partial charge on any atom is -0.497 e. The Bertz CT molecular complexity index is 535. The Hall–Kier alpha value is -1.81. The largest absolute Gasteiger partial charge is 0.497 e. The molecule has 94 valence electrons. The summed E-state index contributed by atoms with van der Waals surface area (Å²) in [6.07, 6.45) is 0. The van der Waals surface area contributed by atoms with Gasteiger partial charge in [-0.25, -0.2) is 0 Å². The lowest BCUT2D eigenvalue weighted by Gasteiger charge is -2.04. The number of nitrogen functional groups attached to an aromatic ring is 1. The highest BCUT2D eigenvalue weighted by atomic mass is 32.2. The van der Waals surface area contributed by atoms with Crippen LogP contribution in [0.15, 0.2) is 53.4 Å². The van der Waals surface area contributed by atoms with Gasteiger partial charge < -0.3 is 10.5 Å². The van der Waals surface area contributed by atoms with Gasteiger partial charge in [-0.05, 0) is 42.0 Å². The molecule has 2 rings (SSSR count). The van der Waals surface area contributed by atoms with E-state index in [-0.39, 0.29) is 0 Å². The molecule has 1 atom stereocenters. The lowest BCUT2D eigenvalue weighted by Crippen LogP contribution is -1.97. The highest BCUT2D eigenvalue weighted by Crippen LogP contribution is 2.17. The van der Waals surface area contributed by atoms with Gasteiger partial charge >= 0.3 is 0 Å². The zero-order valence-corrected chi connectivity index (χ0v) is 10.9. The van der Waals surface area contributed by atoms with Gasteiger partial charge in [0.1, 0.15) is 5.75 Å². The summed E-state index contributed by atoms with van der Waals surface area (Å²) in [7, 11) is 0.564. The van der Waals surface area contributed by atoms with Gasteiger partial charge in [-0.3, -0.25) is 4.21 Å². The van der Waals surface area contributed by atoms with Crippen LogP contribution in [0, 0.1) is 0 Å². The third kappa shape index (κ3) is 3.11. The maximum atomic E-state index is 12.1. The van der Waals surface area contributed by atoms with Crippen molar-refractivity contribution in [2.45, 2.75) is 10.6 Å². The number of nitrogens with two attached hydrogens (primary N) is 1. The van der Waals surface area contributed by atoms with Gasteiger partial charge in [0.25, 0.3) is 0 Å². The molecule has 0 bridgehead atoms. The lowest BCUT2D eigenvalue weighted by molar-refractivity contribution is 0.414. The van der Waals surface area contributed by atoms with E-state index >= 15 is 0 Å². The van der Waals surface area contributed by atoms with Crippen molar-refractivity contribution in [2.75, 3.05) is 12.8 Å². The van der Waals surface area contributed by atoms with Crippen LogP contribution >= 0.6 is 0 Å². The molecule has 2 aromatic rings. The average Bonchev–Trinajstić information content (AvgIpc) is 2.41. The molecule has 0 aliphatic rings. The fraction of sp³-hybridized carbons (Fsp3) is 0.143. The van der Waals surface area contributed by atoms with Gasteiger partial charge in [-0.15, -0.1) is 0 Å². The van der Waals surface area contributed by atoms with Crippen LogP contribution in [0.3, 0.4) is 0 Å². The predicted octanol–water partition coefficient (Wildman–Crippen LogP) is 2.59. The summed E-state index contributed by atoms with van der Waals surface area (Å²) in [5.41, 5.74) is 7.34. The number of anilines is 1. The lowest BCUT2D eigenvalue weighted by atomic mass is 10.2. The third-order valence-electron chi connectivity index (χ3n) is 2.60. The summed E-state index contributed by atoms with van der Waals surface area (Å²) in [6.45, 7) is 0. The maximum absolute atomic E-state index is 12.1. The van der Waals surface area contributed by atoms with E-state index in [1.165, 1.54) is 0 Å². The van der Waals surface area contributed by atoms with Crippen LogP contribution < -0.4 is 10.5 Å². The highest BCUT2D eigenvalue weighted by Gasteiger charge is 2.05. The first kappa shape index (κ1) is 12.6. The van der Waals surface area contributed by atoms with Crippen molar-refractivity contribution in [3.8, 4) is 5.75 Å². The van der Waals surface area contributed by atoms with Crippen molar-refractivity contribution in [3.63, 3.8) is 0 Å². The molecule has 2 N–H and O–H groups in total. The zero-order valence-electron chi connectivity index (χ0n) is 10.1. The predicted molar refractivity (Wildman–Crippen MR) is 74.0 cm³/mol. The van der Waals surface area contributed by atoms with Crippen LogP contribution in [-0.4, -0.2) is 11.3 Å². The van der Waals surface area contributed by atoms with E-state index in [4.69, 9.17) is 10.5 Å². The Morgan fingerprint density at radius 2 is 1.67 bits per heavy atom. The van der Waals surface area contributed by atoms with Crippen molar-refractivity contribution in [1.82, 2.24) is 0 Å². The Labute approximate surface area is 109 Å². The molecular weight excluding hydrogens is 246 g/mol. The molecule has 0 fully saturated rings. The smallest absolute Gasteiger partial charge is 0.118 e. The number of ether oxygens (including phenoxy) is 1.